The highest BCUT2D eigenvalue weighted by Gasteiger charge is 2.31. The van der Waals surface area contributed by atoms with E-state index in [-0.39, 0.29) is 12.4 Å². The standard InChI is InChI=1S/C9H11F2N.ClH/c1-9(10,11)8(12)7-5-3-2-4-6-7;/h2-6,8H,12H2,1H3;1H. The van der Waals surface area contributed by atoms with Gasteiger partial charge in [0.25, 0.3) is 5.92 Å². The monoisotopic (exact) mass is 207 g/mol. The molecule has 0 aliphatic carbocycles. The zero-order valence-electron chi connectivity index (χ0n) is 7.21. The first-order valence-corrected chi connectivity index (χ1v) is 3.70. The van der Waals surface area contributed by atoms with Crippen LogP contribution < -0.4 is 5.73 Å². The van der Waals surface area contributed by atoms with Gasteiger partial charge < -0.3 is 5.73 Å². The average Bonchev–Trinajstić information content (AvgIpc) is 2.03. The number of nitrogens with two attached hydrogens (primary N) is 1. The maximum atomic E-state index is 12.7. The van der Waals surface area contributed by atoms with Crippen molar-refractivity contribution in [3.63, 3.8) is 0 Å². The second kappa shape index (κ2) is 4.53. The Morgan fingerprint density at radius 3 is 2.08 bits per heavy atom. The predicted molar refractivity (Wildman–Crippen MR) is 51.2 cm³/mol. The Kier molecular flexibility index (Phi) is 4.30. The van der Waals surface area contributed by atoms with Crippen molar-refractivity contribution in [2.75, 3.05) is 0 Å². The third-order valence-electron chi connectivity index (χ3n) is 1.70. The average molecular weight is 208 g/mol. The zero-order chi connectivity index (χ0) is 9.19. The lowest BCUT2D eigenvalue weighted by atomic mass is 10.0. The van der Waals surface area contributed by atoms with Gasteiger partial charge in [0, 0.05) is 6.92 Å². The van der Waals surface area contributed by atoms with E-state index in [1.54, 1.807) is 30.3 Å². The topological polar surface area (TPSA) is 26.0 Å². The molecular weight excluding hydrogens is 196 g/mol. The fourth-order valence-electron chi connectivity index (χ4n) is 0.953. The molecule has 0 radical (unpaired) electrons. The van der Waals surface area contributed by atoms with Gasteiger partial charge in [-0.2, -0.15) is 0 Å². The van der Waals surface area contributed by atoms with Gasteiger partial charge in [-0.25, -0.2) is 8.78 Å². The van der Waals surface area contributed by atoms with E-state index < -0.39 is 12.0 Å². The Morgan fingerprint density at radius 1 is 1.23 bits per heavy atom. The Bertz CT molecular complexity index is 246. The summed E-state index contributed by atoms with van der Waals surface area (Å²) in [6.45, 7) is 0.824. The summed E-state index contributed by atoms with van der Waals surface area (Å²) in [5, 5.41) is 0. The molecule has 0 saturated heterocycles. The minimum atomic E-state index is -2.86. The van der Waals surface area contributed by atoms with Crippen molar-refractivity contribution in [3.05, 3.63) is 35.9 Å². The molecule has 0 spiro atoms. The fourth-order valence-corrected chi connectivity index (χ4v) is 0.953. The second-order valence-electron chi connectivity index (χ2n) is 2.84. The van der Waals surface area contributed by atoms with Crippen molar-refractivity contribution in [2.45, 2.75) is 18.9 Å². The number of alkyl halides is 2. The lowest BCUT2D eigenvalue weighted by Crippen LogP contribution is -2.29. The third-order valence-corrected chi connectivity index (χ3v) is 1.70. The van der Waals surface area contributed by atoms with Crippen LogP contribution in [0.25, 0.3) is 0 Å². The van der Waals surface area contributed by atoms with Gasteiger partial charge in [0.1, 0.15) is 0 Å². The van der Waals surface area contributed by atoms with E-state index in [4.69, 9.17) is 5.73 Å². The van der Waals surface area contributed by atoms with Crippen LogP contribution in [-0.4, -0.2) is 5.92 Å². The van der Waals surface area contributed by atoms with Gasteiger partial charge in [-0.15, -0.1) is 12.4 Å². The van der Waals surface area contributed by atoms with Crippen LogP contribution in [0.2, 0.25) is 0 Å². The first-order valence-electron chi connectivity index (χ1n) is 3.70. The summed E-state index contributed by atoms with van der Waals surface area (Å²) in [4.78, 5) is 0. The lowest BCUT2D eigenvalue weighted by molar-refractivity contribution is -0.00618. The van der Waals surface area contributed by atoms with E-state index in [2.05, 4.69) is 0 Å². The summed E-state index contributed by atoms with van der Waals surface area (Å²) in [6, 6.07) is 7.15. The van der Waals surface area contributed by atoms with Gasteiger partial charge in [-0.1, -0.05) is 30.3 Å². The quantitative estimate of drug-likeness (QED) is 0.793. The highest BCUT2D eigenvalue weighted by molar-refractivity contribution is 5.85. The normalized spacial score (nSPS) is 13.2. The predicted octanol–water partition coefficient (Wildman–Crippen LogP) is 2.76. The van der Waals surface area contributed by atoms with Crippen LogP contribution in [0.15, 0.2) is 30.3 Å². The van der Waals surface area contributed by atoms with Crippen LogP contribution in [0, 0.1) is 0 Å². The number of benzene rings is 1. The van der Waals surface area contributed by atoms with Crippen LogP contribution in [0.1, 0.15) is 18.5 Å². The maximum Gasteiger partial charge on any atom is 0.264 e. The van der Waals surface area contributed by atoms with Gasteiger partial charge >= 0.3 is 0 Å². The van der Waals surface area contributed by atoms with Gasteiger partial charge in [0.05, 0.1) is 6.04 Å². The van der Waals surface area contributed by atoms with Crippen molar-refractivity contribution in [3.8, 4) is 0 Å². The molecule has 2 N–H and O–H groups in total. The molecule has 0 aromatic heterocycles. The summed E-state index contributed by atoms with van der Waals surface area (Å²) in [5.74, 6) is -2.86. The Morgan fingerprint density at radius 2 is 1.69 bits per heavy atom. The smallest absolute Gasteiger partial charge is 0.264 e. The molecule has 1 rings (SSSR count). The molecule has 0 amide bonds. The first kappa shape index (κ1) is 12.3. The Hall–Kier alpha value is -0.670. The van der Waals surface area contributed by atoms with E-state index >= 15 is 0 Å². The number of halogens is 3. The second-order valence-corrected chi connectivity index (χ2v) is 2.84. The van der Waals surface area contributed by atoms with Gasteiger partial charge in [0.15, 0.2) is 0 Å². The van der Waals surface area contributed by atoms with Crippen molar-refractivity contribution in [1.82, 2.24) is 0 Å². The maximum absolute atomic E-state index is 12.7. The summed E-state index contributed by atoms with van der Waals surface area (Å²) < 4.78 is 25.4. The molecule has 1 unspecified atom stereocenters. The van der Waals surface area contributed by atoms with Crippen molar-refractivity contribution < 1.29 is 8.78 Å². The minimum absolute atomic E-state index is 0. The molecule has 1 aromatic rings. The molecule has 0 aliphatic heterocycles. The molecule has 1 atom stereocenters. The zero-order valence-corrected chi connectivity index (χ0v) is 8.02. The molecule has 74 valence electrons. The van der Waals surface area contributed by atoms with Gasteiger partial charge in [-0.3, -0.25) is 0 Å². The van der Waals surface area contributed by atoms with E-state index in [0.29, 0.717) is 5.56 Å². The fraction of sp³-hybridized carbons (Fsp3) is 0.333. The van der Waals surface area contributed by atoms with E-state index in [0.717, 1.165) is 6.92 Å². The summed E-state index contributed by atoms with van der Waals surface area (Å²) in [6.07, 6.45) is 0. The molecule has 0 bridgehead atoms. The van der Waals surface area contributed by atoms with Crippen LogP contribution in [0.5, 0.6) is 0 Å². The number of hydrogen-bond donors (Lipinski definition) is 1. The molecule has 13 heavy (non-hydrogen) atoms. The van der Waals surface area contributed by atoms with Crippen molar-refractivity contribution in [1.29, 1.82) is 0 Å². The first-order chi connectivity index (χ1) is 5.52. The van der Waals surface area contributed by atoms with Crippen LogP contribution in [-0.2, 0) is 0 Å². The van der Waals surface area contributed by atoms with Gasteiger partial charge in [0.2, 0.25) is 0 Å². The van der Waals surface area contributed by atoms with E-state index in [1.807, 2.05) is 0 Å². The molecule has 0 fully saturated rings. The molecule has 0 aliphatic rings. The minimum Gasteiger partial charge on any atom is -0.319 e. The van der Waals surface area contributed by atoms with Crippen molar-refractivity contribution in [2.24, 2.45) is 5.73 Å². The summed E-state index contributed by atoms with van der Waals surface area (Å²) >= 11 is 0. The summed E-state index contributed by atoms with van der Waals surface area (Å²) in [5.41, 5.74) is 5.79. The number of hydrogen-bond acceptors (Lipinski definition) is 1. The third kappa shape index (κ3) is 3.28. The largest absolute Gasteiger partial charge is 0.319 e. The molecule has 4 heteroatoms. The highest BCUT2D eigenvalue weighted by Crippen LogP contribution is 2.27. The molecule has 0 saturated carbocycles. The molecule has 1 aromatic carbocycles. The number of rotatable bonds is 2. The SMILES string of the molecule is CC(F)(F)C(N)c1ccccc1.Cl. The molecule has 0 heterocycles. The van der Waals surface area contributed by atoms with Crippen molar-refractivity contribution >= 4 is 12.4 Å². The van der Waals surface area contributed by atoms with E-state index in [1.165, 1.54) is 0 Å². The lowest BCUT2D eigenvalue weighted by Gasteiger charge is -2.19. The summed E-state index contributed by atoms with van der Waals surface area (Å²) in [7, 11) is 0. The van der Waals surface area contributed by atoms with Gasteiger partial charge in [-0.05, 0) is 5.56 Å². The van der Waals surface area contributed by atoms with Crippen LogP contribution in [0.4, 0.5) is 8.78 Å². The molecular formula is C9H12ClF2N. The Balaban J connectivity index is 0.00000144. The van der Waals surface area contributed by atoms with E-state index in [9.17, 15) is 8.78 Å². The van der Waals surface area contributed by atoms with Crippen LogP contribution in [0.3, 0.4) is 0 Å². The highest BCUT2D eigenvalue weighted by atomic mass is 35.5. The Labute approximate surface area is 82.4 Å². The molecule has 1 nitrogen and oxygen atoms in total. The van der Waals surface area contributed by atoms with Crippen LogP contribution >= 0.6 is 12.4 Å².